The van der Waals surface area contributed by atoms with Crippen molar-refractivity contribution >= 4 is 44.8 Å². The van der Waals surface area contributed by atoms with Crippen LogP contribution >= 0.6 is 15.9 Å². The molecule has 1 aromatic heterocycles. The summed E-state index contributed by atoms with van der Waals surface area (Å²) in [5.74, 6) is -0.192. The fourth-order valence-electron chi connectivity index (χ4n) is 3.31. The highest BCUT2D eigenvalue weighted by Crippen LogP contribution is 2.27. The standard InChI is InChI=1S/C20H20BrN5O2/c1-25-6-8-26(9-7-25)14-3-5-18(22-11-14)23-12-17-16-10-13(21)2-4-15(16)19(27)24-20(17)28/h2-5,10-12H,6-9H2,1H3,(H,22,23)(H,24,27,28)/b17-12-. The number of rotatable bonds is 3. The van der Waals surface area contributed by atoms with Crippen LogP contribution in [-0.2, 0) is 4.79 Å². The van der Waals surface area contributed by atoms with Gasteiger partial charge in [0.25, 0.3) is 11.8 Å². The van der Waals surface area contributed by atoms with Gasteiger partial charge in [0.15, 0.2) is 0 Å². The van der Waals surface area contributed by atoms with Crippen LogP contribution < -0.4 is 15.5 Å². The van der Waals surface area contributed by atoms with Gasteiger partial charge in [0.2, 0.25) is 0 Å². The van der Waals surface area contributed by atoms with Gasteiger partial charge >= 0.3 is 0 Å². The molecule has 7 nitrogen and oxygen atoms in total. The Morgan fingerprint density at radius 1 is 1.07 bits per heavy atom. The van der Waals surface area contributed by atoms with Crippen molar-refractivity contribution in [2.45, 2.75) is 0 Å². The molecule has 1 saturated heterocycles. The summed E-state index contributed by atoms with van der Waals surface area (Å²) < 4.78 is 0.800. The molecule has 3 heterocycles. The molecular formula is C20H20BrN5O2. The molecule has 0 bridgehead atoms. The molecule has 2 N–H and O–H groups in total. The number of imide groups is 1. The Bertz CT molecular complexity index is 950. The molecule has 0 atom stereocenters. The third kappa shape index (κ3) is 3.79. The second kappa shape index (κ2) is 7.73. The smallest absolute Gasteiger partial charge is 0.260 e. The molecule has 0 spiro atoms. The molecule has 0 unspecified atom stereocenters. The molecule has 0 saturated carbocycles. The number of benzene rings is 1. The number of hydrogen-bond acceptors (Lipinski definition) is 6. The molecule has 1 fully saturated rings. The number of pyridine rings is 1. The van der Waals surface area contributed by atoms with Crippen molar-refractivity contribution in [3.8, 4) is 0 Å². The number of fused-ring (bicyclic) bond motifs is 1. The maximum absolute atomic E-state index is 12.3. The summed E-state index contributed by atoms with van der Waals surface area (Å²) in [6, 6.07) is 9.14. The summed E-state index contributed by atoms with van der Waals surface area (Å²) in [6.45, 7) is 4.04. The minimum atomic E-state index is -0.433. The molecule has 2 amide bonds. The summed E-state index contributed by atoms with van der Waals surface area (Å²) in [5, 5.41) is 5.43. The number of nitrogens with zero attached hydrogens (tertiary/aromatic N) is 3. The number of carbonyl (C=O) groups is 2. The van der Waals surface area contributed by atoms with Gasteiger partial charge in [-0.15, -0.1) is 0 Å². The zero-order valence-corrected chi connectivity index (χ0v) is 17.0. The summed E-state index contributed by atoms with van der Waals surface area (Å²) in [4.78, 5) is 33.4. The van der Waals surface area contributed by atoms with E-state index in [9.17, 15) is 9.59 Å². The SMILES string of the molecule is CN1CCN(c2ccc(N/C=C3\C(=O)NC(=O)c4ccc(Br)cc43)nc2)CC1. The van der Waals surface area contributed by atoms with Gasteiger partial charge in [0.1, 0.15) is 5.82 Å². The predicted octanol–water partition coefficient (Wildman–Crippen LogP) is 2.32. The second-order valence-corrected chi connectivity index (χ2v) is 7.78. The molecule has 2 aliphatic rings. The number of hydrogen-bond donors (Lipinski definition) is 2. The first kappa shape index (κ1) is 18.6. The van der Waals surface area contributed by atoms with Crippen LogP contribution in [-0.4, -0.2) is 54.9 Å². The molecule has 0 aliphatic carbocycles. The monoisotopic (exact) mass is 441 g/mol. The van der Waals surface area contributed by atoms with E-state index in [-0.39, 0.29) is 5.91 Å². The number of carbonyl (C=O) groups excluding carboxylic acids is 2. The third-order valence-corrected chi connectivity index (χ3v) is 5.46. The zero-order chi connectivity index (χ0) is 19.7. The highest BCUT2D eigenvalue weighted by atomic mass is 79.9. The normalized spacial score (nSPS) is 18.8. The lowest BCUT2D eigenvalue weighted by Crippen LogP contribution is -2.44. The first-order chi connectivity index (χ1) is 13.5. The van der Waals surface area contributed by atoms with Crippen molar-refractivity contribution in [1.82, 2.24) is 15.2 Å². The third-order valence-electron chi connectivity index (χ3n) is 4.97. The van der Waals surface area contributed by atoms with Crippen LogP contribution in [0.3, 0.4) is 0 Å². The summed E-state index contributed by atoms with van der Waals surface area (Å²) in [7, 11) is 2.13. The van der Waals surface area contributed by atoms with Crippen LogP contribution in [0.4, 0.5) is 11.5 Å². The zero-order valence-electron chi connectivity index (χ0n) is 15.4. The van der Waals surface area contributed by atoms with E-state index in [1.54, 1.807) is 24.4 Å². The highest BCUT2D eigenvalue weighted by molar-refractivity contribution is 9.10. The van der Waals surface area contributed by atoms with Crippen molar-refractivity contribution in [2.24, 2.45) is 0 Å². The number of anilines is 2. The van der Waals surface area contributed by atoms with Gasteiger partial charge in [-0.3, -0.25) is 14.9 Å². The second-order valence-electron chi connectivity index (χ2n) is 6.87. The van der Waals surface area contributed by atoms with Gasteiger partial charge in [0.05, 0.1) is 17.5 Å². The fourth-order valence-corrected chi connectivity index (χ4v) is 3.67. The molecule has 0 radical (unpaired) electrons. The molecule has 28 heavy (non-hydrogen) atoms. The average Bonchev–Trinajstić information content (AvgIpc) is 2.68. The number of halogens is 1. The van der Waals surface area contributed by atoms with Gasteiger partial charge in [-0.25, -0.2) is 4.98 Å². The van der Waals surface area contributed by atoms with Gasteiger partial charge in [-0.05, 0) is 37.4 Å². The first-order valence-electron chi connectivity index (χ1n) is 9.03. The van der Waals surface area contributed by atoms with Crippen LogP contribution in [0.5, 0.6) is 0 Å². The Kier molecular flexibility index (Phi) is 5.15. The van der Waals surface area contributed by atoms with Crippen molar-refractivity contribution in [1.29, 1.82) is 0 Å². The van der Waals surface area contributed by atoms with Crippen molar-refractivity contribution in [3.63, 3.8) is 0 Å². The van der Waals surface area contributed by atoms with Crippen LogP contribution in [0.15, 0.2) is 47.2 Å². The summed E-state index contributed by atoms with van der Waals surface area (Å²) in [6.07, 6.45) is 3.42. The quantitative estimate of drug-likeness (QED) is 0.562. The molecule has 8 heteroatoms. The van der Waals surface area contributed by atoms with Crippen LogP contribution in [0, 0.1) is 0 Å². The minimum absolute atomic E-state index is 0.390. The minimum Gasteiger partial charge on any atom is -0.368 e. The number of piperazine rings is 1. The lowest BCUT2D eigenvalue weighted by molar-refractivity contribution is -0.114. The Morgan fingerprint density at radius 3 is 2.57 bits per heavy atom. The maximum atomic E-state index is 12.3. The van der Waals surface area contributed by atoms with Crippen LogP contribution in [0.1, 0.15) is 15.9 Å². The van der Waals surface area contributed by atoms with E-state index >= 15 is 0 Å². The van der Waals surface area contributed by atoms with Crippen molar-refractivity contribution in [3.05, 3.63) is 58.3 Å². The Balaban J connectivity index is 1.53. The van der Waals surface area contributed by atoms with Crippen LogP contribution in [0.2, 0.25) is 0 Å². The summed E-state index contributed by atoms with van der Waals surface area (Å²) in [5.41, 5.74) is 2.53. The molecule has 2 aliphatic heterocycles. The number of likely N-dealkylation sites (N-methyl/N-ethyl adjacent to an activating group) is 1. The molecule has 1 aromatic carbocycles. The average molecular weight is 442 g/mol. The van der Waals surface area contributed by atoms with Gasteiger partial charge in [-0.1, -0.05) is 15.9 Å². The topological polar surface area (TPSA) is 77.6 Å². The highest BCUT2D eigenvalue weighted by Gasteiger charge is 2.27. The Hall–Kier alpha value is -2.71. The maximum Gasteiger partial charge on any atom is 0.260 e. The van der Waals surface area contributed by atoms with Gasteiger partial charge in [-0.2, -0.15) is 0 Å². The molecule has 144 valence electrons. The van der Waals surface area contributed by atoms with E-state index in [4.69, 9.17) is 0 Å². The summed E-state index contributed by atoms with van der Waals surface area (Å²) >= 11 is 3.39. The largest absolute Gasteiger partial charge is 0.368 e. The van der Waals surface area contributed by atoms with E-state index in [0.717, 1.165) is 36.3 Å². The number of amides is 2. The van der Waals surface area contributed by atoms with Gasteiger partial charge in [0, 0.05) is 48.0 Å². The first-order valence-corrected chi connectivity index (χ1v) is 9.82. The Labute approximate surface area is 171 Å². The molecular weight excluding hydrogens is 422 g/mol. The van der Waals surface area contributed by atoms with Crippen molar-refractivity contribution < 1.29 is 9.59 Å². The van der Waals surface area contributed by atoms with Crippen molar-refractivity contribution in [2.75, 3.05) is 43.4 Å². The number of aromatic nitrogens is 1. The predicted molar refractivity (Wildman–Crippen MR) is 112 cm³/mol. The molecule has 4 rings (SSSR count). The lowest BCUT2D eigenvalue weighted by atomic mass is 9.96. The number of nitrogens with one attached hydrogen (secondary N) is 2. The molecule has 2 aromatic rings. The van der Waals surface area contributed by atoms with E-state index in [0.29, 0.717) is 22.5 Å². The van der Waals surface area contributed by atoms with Crippen LogP contribution in [0.25, 0.3) is 5.57 Å². The van der Waals surface area contributed by atoms with Gasteiger partial charge < -0.3 is 15.1 Å². The van der Waals surface area contributed by atoms with E-state index < -0.39 is 5.91 Å². The van der Waals surface area contributed by atoms with E-state index in [1.807, 2.05) is 18.3 Å². The van der Waals surface area contributed by atoms with E-state index in [1.165, 1.54) is 0 Å². The van der Waals surface area contributed by atoms with E-state index in [2.05, 4.69) is 48.4 Å². The fraction of sp³-hybridized carbons (Fsp3) is 0.250. The lowest BCUT2D eigenvalue weighted by Gasteiger charge is -2.33. The Morgan fingerprint density at radius 2 is 1.86 bits per heavy atom.